The summed E-state index contributed by atoms with van der Waals surface area (Å²) in [6, 6.07) is 8.45. The average molecular weight is 237 g/mol. The Morgan fingerprint density at radius 1 is 1.00 bits per heavy atom. The van der Waals surface area contributed by atoms with Crippen molar-refractivity contribution >= 4 is 9.93 Å². The maximum absolute atomic E-state index is 11.9. The molecule has 2 rings (SSSR count). The Balaban J connectivity index is 2.15. The highest BCUT2D eigenvalue weighted by molar-refractivity contribution is 8.01. The SMILES string of the molecule is C[S+](C)(=O)c1ccc(C2CCCCC2)cc1. The molecule has 0 aliphatic heterocycles. The lowest BCUT2D eigenvalue weighted by Crippen LogP contribution is -2.07. The van der Waals surface area contributed by atoms with Crippen molar-refractivity contribution in [3.8, 4) is 0 Å². The molecule has 0 saturated heterocycles. The second-order valence-electron chi connectivity index (χ2n) is 5.14. The fourth-order valence-corrected chi connectivity index (χ4v) is 3.30. The van der Waals surface area contributed by atoms with Gasteiger partial charge in [0.25, 0.3) is 0 Å². The molecule has 0 unspecified atom stereocenters. The lowest BCUT2D eigenvalue weighted by Gasteiger charge is -2.21. The van der Waals surface area contributed by atoms with E-state index in [0.29, 0.717) is 0 Å². The predicted octanol–water partition coefficient (Wildman–Crippen LogP) is 3.85. The monoisotopic (exact) mass is 237 g/mol. The first-order chi connectivity index (χ1) is 7.57. The average Bonchev–Trinajstić information content (AvgIpc) is 2.29. The Morgan fingerprint density at radius 2 is 1.56 bits per heavy atom. The second kappa shape index (κ2) is 4.70. The molecular weight excluding hydrogens is 216 g/mol. The van der Waals surface area contributed by atoms with Gasteiger partial charge in [-0.25, -0.2) is 0 Å². The van der Waals surface area contributed by atoms with Gasteiger partial charge in [0.2, 0.25) is 0 Å². The van der Waals surface area contributed by atoms with Crippen LogP contribution >= 0.6 is 0 Å². The molecule has 0 bridgehead atoms. The Labute approximate surface area is 99.7 Å². The van der Waals surface area contributed by atoms with E-state index >= 15 is 0 Å². The molecule has 88 valence electrons. The Kier molecular flexibility index (Phi) is 3.48. The molecule has 1 aromatic carbocycles. The van der Waals surface area contributed by atoms with Crippen LogP contribution < -0.4 is 0 Å². The van der Waals surface area contributed by atoms with Crippen molar-refractivity contribution in [3.63, 3.8) is 0 Å². The third-order valence-electron chi connectivity index (χ3n) is 3.52. The predicted molar refractivity (Wildman–Crippen MR) is 70.4 cm³/mol. The van der Waals surface area contributed by atoms with Crippen LogP contribution in [0.25, 0.3) is 0 Å². The van der Waals surface area contributed by atoms with Crippen LogP contribution in [0, 0.1) is 0 Å². The normalized spacial score (nSPS) is 18.6. The van der Waals surface area contributed by atoms with E-state index in [1.165, 1.54) is 37.7 Å². The fourth-order valence-electron chi connectivity index (χ4n) is 2.50. The maximum atomic E-state index is 11.9. The van der Waals surface area contributed by atoms with Crippen molar-refractivity contribution in [1.29, 1.82) is 0 Å². The van der Waals surface area contributed by atoms with Crippen LogP contribution in [0.5, 0.6) is 0 Å². The van der Waals surface area contributed by atoms with E-state index in [4.69, 9.17) is 0 Å². The van der Waals surface area contributed by atoms with Crippen LogP contribution in [-0.2, 0) is 14.1 Å². The highest BCUT2D eigenvalue weighted by atomic mass is 32.2. The quantitative estimate of drug-likeness (QED) is 0.714. The summed E-state index contributed by atoms with van der Waals surface area (Å²) in [5, 5.41) is 0. The van der Waals surface area contributed by atoms with Crippen LogP contribution in [0.15, 0.2) is 29.2 Å². The van der Waals surface area contributed by atoms with Crippen LogP contribution in [0.1, 0.15) is 43.6 Å². The molecule has 0 aromatic heterocycles. The molecule has 2 heteroatoms. The minimum Gasteiger partial charge on any atom is -0.100 e. The molecular formula is C14H21OS+. The standard InChI is InChI=1S/C14H21OS/c1-16(2,15)14-10-8-13(9-11-14)12-6-4-3-5-7-12/h8-12H,3-7H2,1-2H3/q+1. The first-order valence-corrected chi connectivity index (χ1v) is 8.49. The van der Waals surface area contributed by atoms with Gasteiger partial charge in [0.15, 0.2) is 4.90 Å². The lowest BCUT2D eigenvalue weighted by molar-refractivity contribution is 0.443. The molecule has 1 aromatic rings. The Hall–Kier alpha value is -0.630. The highest BCUT2D eigenvalue weighted by Gasteiger charge is 2.19. The molecule has 1 saturated carbocycles. The number of benzene rings is 1. The minimum atomic E-state index is -1.80. The molecule has 1 aliphatic rings. The van der Waals surface area contributed by atoms with E-state index in [1.807, 2.05) is 24.6 Å². The summed E-state index contributed by atoms with van der Waals surface area (Å²) in [6.45, 7) is 0. The Morgan fingerprint density at radius 3 is 2.06 bits per heavy atom. The van der Waals surface area contributed by atoms with Crippen molar-refractivity contribution in [2.45, 2.75) is 42.9 Å². The largest absolute Gasteiger partial charge is 0.157 e. The van der Waals surface area contributed by atoms with Gasteiger partial charge in [0.05, 0.1) is 0 Å². The van der Waals surface area contributed by atoms with E-state index in [-0.39, 0.29) is 0 Å². The highest BCUT2D eigenvalue weighted by Crippen LogP contribution is 2.33. The zero-order valence-corrected chi connectivity index (χ0v) is 11.1. The first-order valence-electron chi connectivity index (χ1n) is 6.11. The molecule has 0 amide bonds. The molecule has 1 fully saturated rings. The second-order valence-corrected chi connectivity index (χ2v) is 8.07. The van der Waals surface area contributed by atoms with E-state index < -0.39 is 9.93 Å². The number of hydrogen-bond acceptors (Lipinski definition) is 1. The summed E-state index contributed by atoms with van der Waals surface area (Å²) in [7, 11) is -1.80. The van der Waals surface area contributed by atoms with E-state index in [0.717, 1.165) is 10.8 Å². The minimum absolute atomic E-state index is 0.743. The third-order valence-corrected chi connectivity index (χ3v) is 4.93. The van der Waals surface area contributed by atoms with Gasteiger partial charge in [-0.05, 0) is 36.5 Å². The molecule has 0 atom stereocenters. The van der Waals surface area contributed by atoms with Crippen molar-refractivity contribution in [2.75, 3.05) is 12.5 Å². The lowest BCUT2D eigenvalue weighted by atomic mass is 9.84. The topological polar surface area (TPSA) is 17.1 Å². The van der Waals surface area contributed by atoms with Crippen LogP contribution in [0.4, 0.5) is 0 Å². The summed E-state index contributed by atoms with van der Waals surface area (Å²) in [6.07, 6.45) is 10.4. The van der Waals surface area contributed by atoms with Gasteiger partial charge in [-0.2, -0.15) is 0 Å². The third kappa shape index (κ3) is 2.73. The summed E-state index contributed by atoms with van der Waals surface area (Å²) in [4.78, 5) is 0.979. The fraction of sp³-hybridized carbons (Fsp3) is 0.571. The molecule has 16 heavy (non-hydrogen) atoms. The van der Waals surface area contributed by atoms with E-state index in [2.05, 4.69) is 12.1 Å². The molecule has 0 heterocycles. The van der Waals surface area contributed by atoms with Crippen molar-refractivity contribution in [1.82, 2.24) is 0 Å². The van der Waals surface area contributed by atoms with Gasteiger partial charge >= 0.3 is 0 Å². The molecule has 1 aliphatic carbocycles. The van der Waals surface area contributed by atoms with E-state index in [1.54, 1.807) is 0 Å². The summed E-state index contributed by atoms with van der Waals surface area (Å²) in [5.41, 5.74) is 1.44. The van der Waals surface area contributed by atoms with Crippen molar-refractivity contribution in [3.05, 3.63) is 29.8 Å². The molecule has 1 nitrogen and oxygen atoms in total. The van der Waals surface area contributed by atoms with Crippen LogP contribution in [0.2, 0.25) is 0 Å². The number of rotatable bonds is 2. The zero-order valence-electron chi connectivity index (χ0n) is 10.2. The zero-order chi connectivity index (χ0) is 11.6. The van der Waals surface area contributed by atoms with Gasteiger partial charge in [-0.1, -0.05) is 31.4 Å². The summed E-state index contributed by atoms with van der Waals surface area (Å²) in [5.74, 6) is 0.743. The summed E-state index contributed by atoms with van der Waals surface area (Å²) < 4.78 is 11.9. The van der Waals surface area contributed by atoms with Gasteiger partial charge in [0, 0.05) is 0 Å². The van der Waals surface area contributed by atoms with E-state index in [9.17, 15) is 4.21 Å². The van der Waals surface area contributed by atoms with Crippen molar-refractivity contribution in [2.24, 2.45) is 0 Å². The van der Waals surface area contributed by atoms with Gasteiger partial charge in [-0.15, -0.1) is 4.21 Å². The maximum Gasteiger partial charge on any atom is 0.157 e. The number of hydrogen-bond donors (Lipinski definition) is 0. The Bertz CT molecular complexity index is 382. The first kappa shape index (κ1) is 11.8. The van der Waals surface area contributed by atoms with Gasteiger partial charge < -0.3 is 0 Å². The van der Waals surface area contributed by atoms with Crippen molar-refractivity contribution < 1.29 is 4.21 Å². The molecule has 0 spiro atoms. The van der Waals surface area contributed by atoms with Crippen LogP contribution in [-0.4, -0.2) is 12.5 Å². The van der Waals surface area contributed by atoms with Crippen LogP contribution in [0.3, 0.4) is 0 Å². The smallest absolute Gasteiger partial charge is 0.100 e. The summed E-state index contributed by atoms with van der Waals surface area (Å²) >= 11 is 0. The molecule has 0 radical (unpaired) electrons. The van der Waals surface area contributed by atoms with Gasteiger partial charge in [-0.3, -0.25) is 0 Å². The molecule has 0 N–H and O–H groups in total. The van der Waals surface area contributed by atoms with Gasteiger partial charge in [0.1, 0.15) is 22.4 Å².